The molecular formula is C44H52N4O5. The zero-order chi connectivity index (χ0) is 37.8. The van der Waals surface area contributed by atoms with Crippen LogP contribution in [0.25, 0.3) is 11.3 Å². The number of fused-ring (bicyclic) bond motifs is 2. The maximum absolute atomic E-state index is 14.8. The summed E-state index contributed by atoms with van der Waals surface area (Å²) in [6.45, 7) is 11.2. The summed E-state index contributed by atoms with van der Waals surface area (Å²) < 4.78 is 2.04. The molecule has 3 aromatic carbocycles. The third-order valence-corrected chi connectivity index (χ3v) is 11.1. The number of hydrogen-bond acceptors (Lipinski definition) is 4. The number of aromatic carboxylic acids is 1. The van der Waals surface area contributed by atoms with Crippen LogP contribution in [0.3, 0.4) is 0 Å². The molecule has 2 aliphatic rings. The summed E-state index contributed by atoms with van der Waals surface area (Å²) in [5.74, 6) is -1.16. The van der Waals surface area contributed by atoms with Gasteiger partial charge in [-0.05, 0) is 97.7 Å². The Morgan fingerprint density at radius 1 is 0.830 bits per heavy atom. The van der Waals surface area contributed by atoms with Crippen LogP contribution in [0.15, 0.2) is 66.7 Å². The number of carboxylic acids is 1. The Bertz CT molecular complexity index is 2020. The Hall–Kier alpha value is -5.18. The summed E-state index contributed by atoms with van der Waals surface area (Å²) in [5.41, 5.74) is 8.91. The fourth-order valence-corrected chi connectivity index (χ4v) is 7.77. The lowest BCUT2D eigenvalue weighted by atomic mass is 9.89. The van der Waals surface area contributed by atoms with Gasteiger partial charge in [-0.2, -0.15) is 0 Å². The molecule has 9 nitrogen and oxygen atoms in total. The fourth-order valence-electron chi connectivity index (χ4n) is 7.77. The minimum Gasteiger partial charge on any atom is -0.478 e. The van der Waals surface area contributed by atoms with Gasteiger partial charge in [-0.25, -0.2) is 4.79 Å². The summed E-state index contributed by atoms with van der Waals surface area (Å²) in [6, 6.07) is 20.8. The third-order valence-electron chi connectivity index (χ3n) is 11.1. The van der Waals surface area contributed by atoms with Gasteiger partial charge < -0.3 is 24.4 Å². The molecule has 4 aromatic rings. The molecular weight excluding hydrogens is 665 g/mol. The lowest BCUT2D eigenvalue weighted by Crippen LogP contribution is -2.43. The first kappa shape index (κ1) is 37.6. The zero-order valence-corrected chi connectivity index (χ0v) is 31.8. The van der Waals surface area contributed by atoms with E-state index >= 15 is 0 Å². The van der Waals surface area contributed by atoms with Gasteiger partial charge in [-0.15, -0.1) is 0 Å². The van der Waals surface area contributed by atoms with Crippen LogP contribution in [0.4, 0.5) is 0 Å². The van der Waals surface area contributed by atoms with Crippen LogP contribution in [0.2, 0.25) is 0 Å². The monoisotopic (exact) mass is 716 g/mol. The quantitative estimate of drug-likeness (QED) is 0.164. The van der Waals surface area contributed by atoms with Gasteiger partial charge in [0.25, 0.3) is 11.8 Å². The van der Waals surface area contributed by atoms with Gasteiger partial charge in [0, 0.05) is 68.3 Å². The lowest BCUT2D eigenvalue weighted by molar-refractivity contribution is -0.131. The predicted octanol–water partition coefficient (Wildman–Crippen LogP) is 7.46. The molecule has 2 aliphatic heterocycles. The van der Waals surface area contributed by atoms with E-state index in [0.29, 0.717) is 42.7 Å². The molecule has 3 amide bonds. The van der Waals surface area contributed by atoms with Crippen LogP contribution in [0.1, 0.15) is 111 Å². The molecule has 0 spiro atoms. The van der Waals surface area contributed by atoms with Crippen molar-refractivity contribution in [1.82, 2.24) is 19.3 Å². The molecule has 1 atom stereocenters. The molecule has 0 radical (unpaired) electrons. The van der Waals surface area contributed by atoms with Gasteiger partial charge in [0.2, 0.25) is 5.91 Å². The van der Waals surface area contributed by atoms with Gasteiger partial charge in [0.05, 0.1) is 17.5 Å². The highest BCUT2D eigenvalue weighted by Gasteiger charge is 2.32. The van der Waals surface area contributed by atoms with E-state index < -0.39 is 5.97 Å². The van der Waals surface area contributed by atoms with E-state index in [-0.39, 0.29) is 35.7 Å². The molecule has 0 bridgehead atoms. The number of carboxylic acid groups (broad SMARTS) is 1. The average Bonchev–Trinajstić information content (AvgIpc) is 3.46. The first-order valence-corrected chi connectivity index (χ1v) is 19.1. The Balaban J connectivity index is 1.38. The number of aromatic nitrogens is 1. The number of carbonyl (C=O) groups excluding carboxylic acids is 3. The summed E-state index contributed by atoms with van der Waals surface area (Å²) in [5, 5.41) is 9.44. The van der Waals surface area contributed by atoms with Crippen molar-refractivity contribution in [3.05, 3.63) is 117 Å². The van der Waals surface area contributed by atoms with Crippen molar-refractivity contribution in [3.63, 3.8) is 0 Å². The van der Waals surface area contributed by atoms with E-state index in [1.165, 1.54) is 11.6 Å². The van der Waals surface area contributed by atoms with E-state index in [2.05, 4.69) is 39.0 Å². The Morgan fingerprint density at radius 2 is 1.55 bits per heavy atom. The fraction of sp³-hybridized carbons (Fsp3) is 0.409. The van der Waals surface area contributed by atoms with Crippen LogP contribution in [-0.2, 0) is 44.2 Å². The first-order valence-electron chi connectivity index (χ1n) is 19.1. The molecule has 278 valence electrons. The second-order valence-electron chi connectivity index (χ2n) is 14.8. The Labute approximate surface area is 313 Å². The van der Waals surface area contributed by atoms with E-state index in [9.17, 15) is 24.3 Å². The van der Waals surface area contributed by atoms with Crippen LogP contribution in [0.5, 0.6) is 0 Å². The summed E-state index contributed by atoms with van der Waals surface area (Å²) in [6.07, 6.45) is 5.39. The molecule has 0 saturated heterocycles. The van der Waals surface area contributed by atoms with Gasteiger partial charge in [-0.3, -0.25) is 14.4 Å². The van der Waals surface area contributed by atoms with Crippen molar-refractivity contribution >= 4 is 23.7 Å². The third kappa shape index (κ3) is 7.94. The minimum atomic E-state index is -1.03. The number of benzene rings is 3. The molecule has 0 saturated carbocycles. The minimum absolute atomic E-state index is 0.0149. The topological polar surface area (TPSA) is 103 Å². The SMILES string of the molecule is CCCCN(CCCC)C(=O)c1cc(-c2cc3c(cc2C(=O)N2Cc4ccccc4C[C@H]2C)CN(C(=O)Cc2cccc(C(=O)O)c2)CC3)n(C)c1C. The van der Waals surface area contributed by atoms with Crippen LogP contribution >= 0.6 is 0 Å². The van der Waals surface area contributed by atoms with E-state index in [4.69, 9.17) is 0 Å². The molecule has 0 fully saturated rings. The molecule has 0 aliphatic carbocycles. The maximum atomic E-state index is 14.8. The number of carbonyl (C=O) groups is 4. The summed E-state index contributed by atoms with van der Waals surface area (Å²) in [7, 11) is 1.97. The molecule has 6 rings (SSSR count). The number of nitrogens with zero attached hydrogens (tertiary/aromatic N) is 4. The normalized spacial score (nSPS) is 15.2. The number of hydrogen-bond donors (Lipinski definition) is 1. The van der Waals surface area contributed by atoms with Crippen molar-refractivity contribution in [3.8, 4) is 11.3 Å². The van der Waals surface area contributed by atoms with Crippen molar-refractivity contribution < 1.29 is 24.3 Å². The van der Waals surface area contributed by atoms with Gasteiger partial charge in [0.15, 0.2) is 0 Å². The van der Waals surface area contributed by atoms with Crippen molar-refractivity contribution in [1.29, 1.82) is 0 Å². The molecule has 53 heavy (non-hydrogen) atoms. The smallest absolute Gasteiger partial charge is 0.335 e. The van der Waals surface area contributed by atoms with E-state index in [1.54, 1.807) is 23.1 Å². The summed E-state index contributed by atoms with van der Waals surface area (Å²) >= 11 is 0. The lowest BCUT2D eigenvalue weighted by Gasteiger charge is -2.36. The molecule has 9 heteroatoms. The van der Waals surface area contributed by atoms with Crippen LogP contribution < -0.4 is 0 Å². The van der Waals surface area contributed by atoms with Crippen molar-refractivity contribution in [2.75, 3.05) is 19.6 Å². The molecule has 0 unspecified atom stereocenters. The largest absolute Gasteiger partial charge is 0.478 e. The second kappa shape index (κ2) is 16.2. The van der Waals surface area contributed by atoms with Crippen molar-refractivity contribution in [2.45, 2.75) is 91.8 Å². The van der Waals surface area contributed by atoms with Crippen LogP contribution in [0, 0.1) is 6.92 Å². The highest BCUT2D eigenvalue weighted by Crippen LogP contribution is 2.35. The average molecular weight is 717 g/mol. The Kier molecular flexibility index (Phi) is 11.5. The van der Waals surface area contributed by atoms with E-state index in [1.807, 2.05) is 52.6 Å². The zero-order valence-electron chi connectivity index (χ0n) is 31.8. The van der Waals surface area contributed by atoms with Gasteiger partial charge in [0.1, 0.15) is 0 Å². The first-order chi connectivity index (χ1) is 25.5. The maximum Gasteiger partial charge on any atom is 0.335 e. The van der Waals surface area contributed by atoms with Gasteiger partial charge in [-0.1, -0.05) is 63.1 Å². The predicted molar refractivity (Wildman–Crippen MR) is 207 cm³/mol. The molecule has 1 N–H and O–H groups in total. The van der Waals surface area contributed by atoms with Crippen LogP contribution in [-0.4, -0.2) is 73.7 Å². The number of unbranched alkanes of at least 4 members (excludes halogenated alkanes) is 2. The van der Waals surface area contributed by atoms with Crippen molar-refractivity contribution in [2.24, 2.45) is 7.05 Å². The summed E-state index contributed by atoms with van der Waals surface area (Å²) in [4.78, 5) is 59.8. The van der Waals surface area contributed by atoms with E-state index in [0.717, 1.165) is 78.8 Å². The highest BCUT2D eigenvalue weighted by atomic mass is 16.4. The number of amides is 3. The Morgan fingerprint density at radius 3 is 2.25 bits per heavy atom. The molecule has 3 heterocycles. The standard InChI is InChI=1S/C44H52N4O5/c1-6-8-18-46(19-9-7-2)42(50)37-26-40(45(5)30(37)4)38-24-33-17-20-47(41(49)23-31-13-12-16-34(22-31)44(52)53)27-36(33)25-39(38)43(51)48-28-35-15-11-10-14-32(35)21-29(48)3/h10-16,22,24-26,29H,6-9,17-21,23,27-28H2,1-5H3,(H,52,53)/t29-/m1/s1. The van der Waals surface area contributed by atoms with Gasteiger partial charge >= 0.3 is 5.97 Å². The molecule has 1 aromatic heterocycles. The second-order valence-corrected chi connectivity index (χ2v) is 14.8. The highest BCUT2D eigenvalue weighted by molar-refractivity contribution is 6.03. The number of rotatable bonds is 12.